The fraction of sp³-hybridized carbons (Fsp3) is 0.615. The number of amides is 1. The quantitative estimate of drug-likeness (QED) is 0.773. The van der Waals surface area contributed by atoms with Crippen molar-refractivity contribution < 1.29 is 18.8 Å². The van der Waals surface area contributed by atoms with E-state index in [2.05, 4.69) is 5.16 Å². The number of carbonyl (C=O) groups excluding carboxylic acids is 2. The molecule has 1 aromatic heterocycles. The average molecular weight is 266 g/mol. The van der Waals surface area contributed by atoms with Crippen LogP contribution in [0.1, 0.15) is 36.0 Å². The van der Waals surface area contributed by atoms with E-state index in [9.17, 15) is 9.59 Å². The Morgan fingerprint density at radius 1 is 1.47 bits per heavy atom. The van der Waals surface area contributed by atoms with Crippen LogP contribution < -0.4 is 0 Å². The molecule has 0 N–H and O–H groups in total. The molecule has 19 heavy (non-hydrogen) atoms. The van der Waals surface area contributed by atoms with E-state index in [4.69, 9.17) is 9.26 Å². The standard InChI is InChI=1S/C13H18N2O4/c1-3-18-13(17)10-4-6-15(7-5-10)12(16)11-8-9(2)14-19-11/h8,10H,3-7H2,1-2H3. The van der Waals surface area contributed by atoms with Crippen molar-refractivity contribution in [3.63, 3.8) is 0 Å². The van der Waals surface area contributed by atoms with E-state index in [1.54, 1.807) is 24.8 Å². The third-order valence-corrected chi connectivity index (χ3v) is 3.24. The maximum atomic E-state index is 12.1. The summed E-state index contributed by atoms with van der Waals surface area (Å²) < 4.78 is 9.95. The van der Waals surface area contributed by atoms with Gasteiger partial charge in [-0.1, -0.05) is 5.16 Å². The number of nitrogens with zero attached hydrogens (tertiary/aromatic N) is 2. The van der Waals surface area contributed by atoms with Gasteiger partial charge in [-0.25, -0.2) is 0 Å². The highest BCUT2D eigenvalue weighted by Crippen LogP contribution is 2.20. The molecule has 1 aliphatic heterocycles. The molecule has 104 valence electrons. The van der Waals surface area contributed by atoms with Crippen molar-refractivity contribution in [1.29, 1.82) is 0 Å². The number of aryl methyl sites for hydroxylation is 1. The zero-order valence-corrected chi connectivity index (χ0v) is 11.2. The summed E-state index contributed by atoms with van der Waals surface area (Å²) in [7, 11) is 0. The fourth-order valence-corrected chi connectivity index (χ4v) is 2.20. The van der Waals surface area contributed by atoms with Crippen molar-refractivity contribution in [1.82, 2.24) is 10.1 Å². The van der Waals surface area contributed by atoms with Gasteiger partial charge in [0.2, 0.25) is 5.76 Å². The molecular formula is C13H18N2O4. The summed E-state index contributed by atoms with van der Waals surface area (Å²) in [6, 6.07) is 1.62. The van der Waals surface area contributed by atoms with Crippen molar-refractivity contribution in [2.24, 2.45) is 5.92 Å². The Morgan fingerprint density at radius 3 is 2.68 bits per heavy atom. The summed E-state index contributed by atoms with van der Waals surface area (Å²) >= 11 is 0. The van der Waals surface area contributed by atoms with Crippen LogP contribution in [0, 0.1) is 12.8 Å². The van der Waals surface area contributed by atoms with Crippen LogP contribution in [-0.2, 0) is 9.53 Å². The van der Waals surface area contributed by atoms with Gasteiger partial charge in [0.05, 0.1) is 18.2 Å². The molecule has 1 fully saturated rings. The second kappa shape index (κ2) is 5.86. The Bertz CT molecular complexity index is 461. The summed E-state index contributed by atoms with van der Waals surface area (Å²) in [6.07, 6.45) is 1.27. The number of hydrogen-bond donors (Lipinski definition) is 0. The van der Waals surface area contributed by atoms with Gasteiger partial charge in [-0.15, -0.1) is 0 Å². The minimum Gasteiger partial charge on any atom is -0.466 e. The van der Waals surface area contributed by atoms with Crippen molar-refractivity contribution in [3.8, 4) is 0 Å². The Labute approximate surface area is 111 Å². The van der Waals surface area contributed by atoms with Gasteiger partial charge in [0.1, 0.15) is 0 Å². The van der Waals surface area contributed by atoms with Gasteiger partial charge < -0.3 is 14.2 Å². The number of esters is 1. The summed E-state index contributed by atoms with van der Waals surface area (Å²) in [5.41, 5.74) is 0.685. The van der Waals surface area contributed by atoms with Gasteiger partial charge in [-0.2, -0.15) is 0 Å². The first-order chi connectivity index (χ1) is 9.11. The van der Waals surface area contributed by atoms with Crippen molar-refractivity contribution in [2.75, 3.05) is 19.7 Å². The van der Waals surface area contributed by atoms with Crippen molar-refractivity contribution in [3.05, 3.63) is 17.5 Å². The smallest absolute Gasteiger partial charge is 0.309 e. The van der Waals surface area contributed by atoms with Gasteiger partial charge in [0.25, 0.3) is 5.91 Å². The second-order valence-corrected chi connectivity index (χ2v) is 4.65. The van der Waals surface area contributed by atoms with Gasteiger partial charge in [0, 0.05) is 19.2 Å². The lowest BCUT2D eigenvalue weighted by Gasteiger charge is -2.30. The van der Waals surface area contributed by atoms with Gasteiger partial charge >= 0.3 is 5.97 Å². The number of ether oxygens (including phenoxy) is 1. The summed E-state index contributed by atoms with van der Waals surface area (Å²) in [5, 5.41) is 3.70. The molecule has 0 saturated carbocycles. The van der Waals surface area contributed by atoms with Crippen LogP contribution in [0.15, 0.2) is 10.6 Å². The Morgan fingerprint density at radius 2 is 2.16 bits per heavy atom. The van der Waals surface area contributed by atoms with Crippen molar-refractivity contribution in [2.45, 2.75) is 26.7 Å². The van der Waals surface area contributed by atoms with E-state index >= 15 is 0 Å². The van der Waals surface area contributed by atoms with Crippen molar-refractivity contribution >= 4 is 11.9 Å². The second-order valence-electron chi connectivity index (χ2n) is 4.65. The first-order valence-electron chi connectivity index (χ1n) is 6.51. The number of likely N-dealkylation sites (tertiary alicyclic amines) is 1. The highest BCUT2D eigenvalue weighted by atomic mass is 16.5. The molecule has 1 aliphatic rings. The summed E-state index contributed by atoms with van der Waals surface area (Å²) in [5.74, 6) is -0.166. The monoisotopic (exact) mass is 266 g/mol. The molecule has 0 atom stereocenters. The van der Waals surface area contributed by atoms with Crippen LogP contribution in [0.3, 0.4) is 0 Å². The van der Waals surface area contributed by atoms with Crippen LogP contribution >= 0.6 is 0 Å². The topological polar surface area (TPSA) is 72.6 Å². The van der Waals surface area contributed by atoms with Crippen LogP contribution in [0.4, 0.5) is 0 Å². The molecule has 1 aromatic rings. The first-order valence-corrected chi connectivity index (χ1v) is 6.51. The largest absolute Gasteiger partial charge is 0.466 e. The molecular weight excluding hydrogens is 248 g/mol. The predicted octanol–water partition coefficient (Wildman–Crippen LogP) is 1.40. The Hall–Kier alpha value is -1.85. The first kappa shape index (κ1) is 13.6. The van der Waals surface area contributed by atoms with E-state index in [0.29, 0.717) is 38.2 Å². The summed E-state index contributed by atoms with van der Waals surface area (Å²) in [4.78, 5) is 25.4. The number of piperidine rings is 1. The van der Waals surface area contributed by atoms with Crippen LogP contribution in [0.5, 0.6) is 0 Å². The molecule has 6 nitrogen and oxygen atoms in total. The van der Waals surface area contributed by atoms with E-state index in [1.807, 2.05) is 0 Å². The number of aromatic nitrogens is 1. The highest BCUT2D eigenvalue weighted by Gasteiger charge is 2.29. The third-order valence-electron chi connectivity index (χ3n) is 3.24. The van der Waals surface area contributed by atoms with Gasteiger partial charge in [0.15, 0.2) is 0 Å². The molecule has 2 heterocycles. The van der Waals surface area contributed by atoms with E-state index < -0.39 is 0 Å². The number of carbonyl (C=O) groups is 2. The van der Waals surface area contributed by atoms with Gasteiger partial charge in [-0.05, 0) is 26.7 Å². The Kier molecular flexibility index (Phi) is 4.19. The SMILES string of the molecule is CCOC(=O)C1CCN(C(=O)c2cc(C)no2)CC1. The molecule has 0 aliphatic carbocycles. The van der Waals surface area contributed by atoms with Crippen LogP contribution in [-0.4, -0.2) is 41.6 Å². The lowest BCUT2D eigenvalue weighted by Crippen LogP contribution is -2.40. The zero-order chi connectivity index (χ0) is 13.8. The van der Waals surface area contributed by atoms with E-state index in [1.165, 1.54) is 0 Å². The molecule has 0 radical (unpaired) electrons. The zero-order valence-electron chi connectivity index (χ0n) is 11.2. The molecule has 1 saturated heterocycles. The third kappa shape index (κ3) is 3.13. The molecule has 1 amide bonds. The maximum absolute atomic E-state index is 12.1. The number of hydrogen-bond acceptors (Lipinski definition) is 5. The average Bonchev–Trinajstić information content (AvgIpc) is 2.85. The lowest BCUT2D eigenvalue weighted by atomic mass is 9.97. The van der Waals surface area contributed by atoms with E-state index in [-0.39, 0.29) is 23.6 Å². The van der Waals surface area contributed by atoms with Gasteiger partial charge in [-0.3, -0.25) is 9.59 Å². The molecule has 0 unspecified atom stereocenters. The minimum atomic E-state index is -0.164. The summed E-state index contributed by atoms with van der Waals surface area (Å²) in [6.45, 7) is 5.05. The van der Waals surface area contributed by atoms with Crippen LogP contribution in [0.25, 0.3) is 0 Å². The maximum Gasteiger partial charge on any atom is 0.309 e. The molecule has 6 heteroatoms. The minimum absolute atomic E-state index is 0.0968. The van der Waals surface area contributed by atoms with Crippen LogP contribution in [0.2, 0.25) is 0 Å². The van der Waals surface area contributed by atoms with E-state index in [0.717, 1.165) is 0 Å². The molecule has 0 aromatic carbocycles. The molecule has 2 rings (SSSR count). The normalized spacial score (nSPS) is 16.4. The molecule has 0 bridgehead atoms. The number of rotatable bonds is 3. The lowest BCUT2D eigenvalue weighted by molar-refractivity contribution is -0.149. The molecule has 0 spiro atoms. The fourth-order valence-electron chi connectivity index (χ4n) is 2.20. The highest BCUT2D eigenvalue weighted by molar-refractivity contribution is 5.91. The Balaban J connectivity index is 1.89. The predicted molar refractivity (Wildman–Crippen MR) is 66.5 cm³/mol.